The number of aromatic nitrogens is 4. The maximum atomic E-state index is 10.8. The van der Waals surface area contributed by atoms with Gasteiger partial charge in [0, 0.05) is 30.6 Å². The van der Waals surface area contributed by atoms with Crippen molar-refractivity contribution in [3.8, 4) is 22.7 Å². The van der Waals surface area contributed by atoms with Gasteiger partial charge in [-0.2, -0.15) is 0 Å². The molecule has 0 saturated heterocycles. The van der Waals surface area contributed by atoms with E-state index in [0.29, 0.717) is 23.5 Å². The Morgan fingerprint density at radius 2 is 2.04 bits per heavy atom. The van der Waals surface area contributed by atoms with Crippen molar-refractivity contribution in [3.05, 3.63) is 54.7 Å². The quantitative estimate of drug-likeness (QED) is 0.544. The van der Waals surface area contributed by atoms with Gasteiger partial charge in [0.25, 0.3) is 0 Å². The summed E-state index contributed by atoms with van der Waals surface area (Å²) in [6.07, 6.45) is 5.96. The highest BCUT2D eigenvalue weighted by Crippen LogP contribution is 2.27. The van der Waals surface area contributed by atoms with E-state index >= 15 is 0 Å². The molecule has 6 heteroatoms. The van der Waals surface area contributed by atoms with Gasteiger partial charge in [-0.1, -0.05) is 0 Å². The second-order valence-corrected chi connectivity index (χ2v) is 5.21. The number of rotatable bonds is 3. The molecule has 4 aromatic rings. The Labute approximate surface area is 131 Å². The van der Waals surface area contributed by atoms with Crippen LogP contribution in [0, 0.1) is 0 Å². The van der Waals surface area contributed by atoms with E-state index in [9.17, 15) is 4.79 Å². The van der Waals surface area contributed by atoms with E-state index in [1.165, 1.54) is 0 Å². The number of benzene rings is 1. The largest absolute Gasteiger partial charge is 0.436 e. The zero-order chi connectivity index (χ0) is 15.8. The molecule has 0 atom stereocenters. The molecule has 4 rings (SSSR count). The number of oxazole rings is 1. The van der Waals surface area contributed by atoms with E-state index in [2.05, 4.69) is 15.0 Å². The summed E-state index contributed by atoms with van der Waals surface area (Å²) in [5.74, 6) is 0.462. The minimum Gasteiger partial charge on any atom is -0.436 e. The third kappa shape index (κ3) is 2.40. The van der Waals surface area contributed by atoms with Crippen molar-refractivity contribution in [2.45, 2.75) is 0 Å². The van der Waals surface area contributed by atoms with Gasteiger partial charge in [-0.05, 0) is 30.3 Å². The Hall–Kier alpha value is -3.28. The molecule has 0 fully saturated rings. The van der Waals surface area contributed by atoms with Gasteiger partial charge in [-0.25, -0.2) is 9.97 Å². The van der Waals surface area contributed by atoms with Crippen LogP contribution in [0.25, 0.3) is 33.8 Å². The number of imidazole rings is 1. The number of fused-ring (bicyclic) bond motifs is 1. The van der Waals surface area contributed by atoms with Gasteiger partial charge < -0.3 is 8.98 Å². The molecule has 112 valence electrons. The van der Waals surface area contributed by atoms with Gasteiger partial charge in [0.1, 0.15) is 11.2 Å². The van der Waals surface area contributed by atoms with Crippen LogP contribution in [0.15, 0.2) is 53.5 Å². The van der Waals surface area contributed by atoms with Crippen LogP contribution in [-0.2, 0) is 7.05 Å². The summed E-state index contributed by atoms with van der Waals surface area (Å²) in [6, 6.07) is 9.17. The number of carbonyl (C=O) groups is 1. The van der Waals surface area contributed by atoms with E-state index < -0.39 is 0 Å². The predicted molar refractivity (Wildman–Crippen MR) is 84.8 cm³/mol. The van der Waals surface area contributed by atoms with E-state index in [1.807, 2.05) is 36.0 Å². The number of pyridine rings is 1. The Bertz CT molecular complexity index is 1020. The molecular weight excluding hydrogens is 292 g/mol. The van der Waals surface area contributed by atoms with Gasteiger partial charge in [-0.3, -0.25) is 9.78 Å². The Morgan fingerprint density at radius 3 is 2.83 bits per heavy atom. The van der Waals surface area contributed by atoms with Crippen molar-refractivity contribution in [2.75, 3.05) is 0 Å². The molecule has 0 N–H and O–H groups in total. The van der Waals surface area contributed by atoms with Crippen molar-refractivity contribution in [2.24, 2.45) is 7.05 Å². The number of aryl methyl sites for hydroxylation is 1. The predicted octanol–water partition coefficient (Wildman–Crippen LogP) is 3.10. The van der Waals surface area contributed by atoms with Crippen LogP contribution in [0.3, 0.4) is 0 Å². The average molecular weight is 304 g/mol. The summed E-state index contributed by atoms with van der Waals surface area (Å²) < 4.78 is 7.66. The molecule has 0 amide bonds. The van der Waals surface area contributed by atoms with Gasteiger partial charge in [0.05, 0.1) is 12.0 Å². The molecule has 0 aliphatic rings. The van der Waals surface area contributed by atoms with E-state index in [1.54, 1.807) is 24.7 Å². The summed E-state index contributed by atoms with van der Waals surface area (Å²) in [5, 5.41) is 0. The topological polar surface area (TPSA) is 73.8 Å². The lowest BCUT2D eigenvalue weighted by Crippen LogP contribution is -1.86. The second-order valence-electron chi connectivity index (χ2n) is 5.21. The summed E-state index contributed by atoms with van der Waals surface area (Å²) in [4.78, 5) is 23.6. The standard InChI is InChI=1S/C17H12N4O2/c1-21-8-15(19-10-21)11-2-3-16-14(7-11)20-17(23-16)12-4-5-18-13(6-12)9-22/h2-10H,1H3. The Morgan fingerprint density at radius 1 is 1.13 bits per heavy atom. The lowest BCUT2D eigenvalue weighted by atomic mass is 10.1. The fourth-order valence-electron chi connectivity index (χ4n) is 2.42. The second kappa shape index (κ2) is 5.17. The molecule has 0 aliphatic carbocycles. The Balaban J connectivity index is 1.80. The van der Waals surface area contributed by atoms with Crippen molar-refractivity contribution in [3.63, 3.8) is 0 Å². The zero-order valence-electron chi connectivity index (χ0n) is 12.3. The number of hydrogen-bond donors (Lipinski definition) is 0. The third-order valence-corrected chi connectivity index (χ3v) is 3.54. The molecule has 0 aliphatic heterocycles. The molecule has 0 unspecified atom stereocenters. The summed E-state index contributed by atoms with van der Waals surface area (Å²) in [7, 11) is 1.93. The Kier molecular flexibility index (Phi) is 3.01. The highest BCUT2D eigenvalue weighted by Gasteiger charge is 2.11. The third-order valence-electron chi connectivity index (χ3n) is 3.54. The molecule has 3 aromatic heterocycles. The molecule has 1 aromatic carbocycles. The van der Waals surface area contributed by atoms with Crippen LogP contribution in [0.5, 0.6) is 0 Å². The van der Waals surface area contributed by atoms with Crippen molar-refractivity contribution in [1.29, 1.82) is 0 Å². The van der Waals surface area contributed by atoms with Gasteiger partial charge in [0.2, 0.25) is 5.89 Å². The fraction of sp³-hybridized carbons (Fsp3) is 0.0588. The first-order valence-electron chi connectivity index (χ1n) is 7.03. The molecule has 0 spiro atoms. The van der Waals surface area contributed by atoms with E-state index in [0.717, 1.165) is 22.3 Å². The SMILES string of the molecule is Cn1cnc(-c2ccc3oc(-c4ccnc(C=O)c4)nc3c2)c1. The average Bonchev–Trinajstić information content (AvgIpc) is 3.20. The maximum absolute atomic E-state index is 10.8. The van der Waals surface area contributed by atoms with Crippen LogP contribution in [-0.4, -0.2) is 25.8 Å². The first-order valence-corrected chi connectivity index (χ1v) is 7.03. The first-order chi connectivity index (χ1) is 11.2. The molecule has 6 nitrogen and oxygen atoms in total. The summed E-state index contributed by atoms with van der Waals surface area (Å²) in [5.41, 5.74) is 4.35. The van der Waals surface area contributed by atoms with Crippen molar-refractivity contribution >= 4 is 17.4 Å². The molecule has 3 heterocycles. The van der Waals surface area contributed by atoms with Crippen LogP contribution >= 0.6 is 0 Å². The van der Waals surface area contributed by atoms with Crippen molar-refractivity contribution in [1.82, 2.24) is 19.5 Å². The number of hydrogen-bond acceptors (Lipinski definition) is 5. The fourth-order valence-corrected chi connectivity index (χ4v) is 2.42. The molecular formula is C17H12N4O2. The number of carbonyl (C=O) groups excluding carboxylic acids is 1. The lowest BCUT2D eigenvalue weighted by molar-refractivity contribution is 0.111. The van der Waals surface area contributed by atoms with Gasteiger partial charge >= 0.3 is 0 Å². The van der Waals surface area contributed by atoms with Crippen LogP contribution in [0.2, 0.25) is 0 Å². The van der Waals surface area contributed by atoms with Gasteiger partial charge in [0.15, 0.2) is 11.9 Å². The summed E-state index contributed by atoms with van der Waals surface area (Å²) in [6.45, 7) is 0. The van der Waals surface area contributed by atoms with Crippen molar-refractivity contribution < 1.29 is 9.21 Å². The molecule has 0 radical (unpaired) electrons. The van der Waals surface area contributed by atoms with Crippen LogP contribution < -0.4 is 0 Å². The van der Waals surface area contributed by atoms with E-state index in [-0.39, 0.29) is 0 Å². The van der Waals surface area contributed by atoms with Crippen LogP contribution in [0.1, 0.15) is 10.5 Å². The van der Waals surface area contributed by atoms with Gasteiger partial charge in [-0.15, -0.1) is 0 Å². The highest BCUT2D eigenvalue weighted by atomic mass is 16.3. The van der Waals surface area contributed by atoms with Crippen LogP contribution in [0.4, 0.5) is 0 Å². The molecule has 0 saturated carbocycles. The molecule has 23 heavy (non-hydrogen) atoms. The normalized spacial score (nSPS) is 11.0. The maximum Gasteiger partial charge on any atom is 0.227 e. The zero-order valence-corrected chi connectivity index (χ0v) is 12.3. The molecule has 0 bridgehead atoms. The lowest BCUT2D eigenvalue weighted by Gasteiger charge is -1.94. The first kappa shape index (κ1) is 13.4. The highest BCUT2D eigenvalue weighted by molar-refractivity contribution is 5.82. The number of nitrogens with zero attached hydrogens (tertiary/aromatic N) is 4. The van der Waals surface area contributed by atoms with E-state index in [4.69, 9.17) is 4.42 Å². The minimum absolute atomic E-state index is 0.346. The smallest absolute Gasteiger partial charge is 0.227 e. The minimum atomic E-state index is 0.346. The summed E-state index contributed by atoms with van der Waals surface area (Å²) >= 11 is 0. The monoisotopic (exact) mass is 304 g/mol. The number of aldehydes is 1.